The van der Waals surface area contributed by atoms with Gasteiger partial charge in [-0.15, -0.1) is 0 Å². The highest BCUT2D eigenvalue weighted by atomic mass is 16.5. The third-order valence-corrected chi connectivity index (χ3v) is 2.94. The van der Waals surface area contributed by atoms with Crippen LogP contribution < -0.4 is 14.8 Å². The summed E-state index contributed by atoms with van der Waals surface area (Å²) >= 11 is 0. The van der Waals surface area contributed by atoms with E-state index >= 15 is 0 Å². The summed E-state index contributed by atoms with van der Waals surface area (Å²) < 4.78 is 11.5. The van der Waals surface area contributed by atoms with Crippen molar-refractivity contribution in [2.24, 2.45) is 0 Å². The molecule has 0 heterocycles. The highest BCUT2D eigenvalue weighted by molar-refractivity contribution is 5.47. The lowest BCUT2D eigenvalue weighted by atomic mass is 10.1. The molecule has 1 N–H and O–H groups in total. The molecule has 0 spiro atoms. The van der Waals surface area contributed by atoms with E-state index in [0.29, 0.717) is 31.1 Å². The van der Waals surface area contributed by atoms with Crippen molar-refractivity contribution in [1.29, 1.82) is 5.26 Å². The first-order chi connectivity index (χ1) is 9.91. The first kappa shape index (κ1) is 17.3. The van der Waals surface area contributed by atoms with E-state index in [-0.39, 0.29) is 5.54 Å². The molecular formula is C17H26N2O2. The molecular weight excluding hydrogens is 264 g/mol. The standard InChI is InChI=1S/C17H26N2O2/c1-6-14(11-18)21-16-13(12-19-17(3,4)5)9-8-10-15(16)20-7-2/h8-10,14,19H,6-7,12H2,1-5H3. The van der Waals surface area contributed by atoms with Crippen molar-refractivity contribution in [3.8, 4) is 17.6 Å². The Morgan fingerprint density at radius 1 is 1.29 bits per heavy atom. The first-order valence-electron chi connectivity index (χ1n) is 7.47. The Morgan fingerprint density at radius 2 is 2.00 bits per heavy atom. The van der Waals surface area contributed by atoms with Gasteiger partial charge in [-0.2, -0.15) is 5.26 Å². The van der Waals surface area contributed by atoms with E-state index in [2.05, 4.69) is 32.2 Å². The fraction of sp³-hybridized carbons (Fsp3) is 0.588. The molecule has 4 nitrogen and oxygen atoms in total. The van der Waals surface area contributed by atoms with Crippen LogP contribution in [0, 0.1) is 11.3 Å². The minimum absolute atomic E-state index is 0.0122. The van der Waals surface area contributed by atoms with Gasteiger partial charge in [0.2, 0.25) is 0 Å². The molecule has 1 atom stereocenters. The van der Waals surface area contributed by atoms with Gasteiger partial charge in [0.25, 0.3) is 0 Å². The molecule has 0 aliphatic rings. The number of nitriles is 1. The highest BCUT2D eigenvalue weighted by Gasteiger charge is 2.17. The number of nitrogens with one attached hydrogen (secondary N) is 1. The molecule has 0 radical (unpaired) electrons. The molecule has 4 heteroatoms. The molecule has 0 saturated heterocycles. The predicted molar refractivity (Wildman–Crippen MR) is 84.5 cm³/mol. The highest BCUT2D eigenvalue weighted by Crippen LogP contribution is 2.33. The van der Waals surface area contributed by atoms with Crippen molar-refractivity contribution in [2.45, 2.75) is 59.2 Å². The number of ether oxygens (including phenoxy) is 2. The Labute approximate surface area is 128 Å². The summed E-state index contributed by atoms with van der Waals surface area (Å²) in [4.78, 5) is 0. The summed E-state index contributed by atoms with van der Waals surface area (Å²) in [5.74, 6) is 1.36. The Balaban J connectivity index is 3.05. The lowest BCUT2D eigenvalue weighted by Crippen LogP contribution is -2.35. The minimum atomic E-state index is -0.458. The zero-order chi connectivity index (χ0) is 15.9. The Bertz CT molecular complexity index is 487. The molecule has 0 amide bonds. The van der Waals surface area contributed by atoms with Gasteiger partial charge in [0.1, 0.15) is 6.07 Å². The van der Waals surface area contributed by atoms with Crippen LogP contribution in [0.4, 0.5) is 0 Å². The van der Waals surface area contributed by atoms with E-state index in [9.17, 15) is 0 Å². The maximum atomic E-state index is 9.13. The van der Waals surface area contributed by atoms with Crippen LogP contribution in [0.25, 0.3) is 0 Å². The van der Waals surface area contributed by atoms with Crippen molar-refractivity contribution < 1.29 is 9.47 Å². The van der Waals surface area contributed by atoms with Gasteiger partial charge in [-0.1, -0.05) is 19.1 Å². The number of hydrogen-bond acceptors (Lipinski definition) is 4. The Hall–Kier alpha value is -1.73. The zero-order valence-corrected chi connectivity index (χ0v) is 13.7. The van der Waals surface area contributed by atoms with Crippen molar-refractivity contribution in [2.75, 3.05) is 6.61 Å². The molecule has 0 saturated carbocycles. The molecule has 1 aromatic carbocycles. The van der Waals surface area contributed by atoms with E-state index in [1.165, 1.54) is 0 Å². The number of benzene rings is 1. The molecule has 116 valence electrons. The summed E-state index contributed by atoms with van der Waals surface area (Å²) in [7, 11) is 0. The Kier molecular flexibility index (Phi) is 6.51. The van der Waals surface area contributed by atoms with Gasteiger partial charge in [0.15, 0.2) is 17.6 Å². The summed E-state index contributed by atoms with van der Waals surface area (Å²) in [6.07, 6.45) is 0.184. The molecule has 0 aliphatic carbocycles. The molecule has 1 aromatic rings. The number of rotatable bonds is 7. The number of nitrogens with zero attached hydrogens (tertiary/aromatic N) is 1. The lowest BCUT2D eigenvalue weighted by molar-refractivity contribution is 0.228. The zero-order valence-electron chi connectivity index (χ0n) is 13.7. The quantitative estimate of drug-likeness (QED) is 0.832. The van der Waals surface area contributed by atoms with Crippen molar-refractivity contribution in [3.63, 3.8) is 0 Å². The molecule has 21 heavy (non-hydrogen) atoms. The van der Waals surface area contributed by atoms with Gasteiger partial charge in [-0.25, -0.2) is 0 Å². The molecule has 0 aromatic heterocycles. The van der Waals surface area contributed by atoms with E-state index < -0.39 is 6.10 Å². The summed E-state index contributed by atoms with van der Waals surface area (Å²) in [6, 6.07) is 8.00. The van der Waals surface area contributed by atoms with Gasteiger partial charge >= 0.3 is 0 Å². The molecule has 0 bridgehead atoms. The van der Waals surface area contributed by atoms with Gasteiger partial charge in [0, 0.05) is 17.6 Å². The van der Waals surface area contributed by atoms with E-state index in [1.54, 1.807) is 0 Å². The monoisotopic (exact) mass is 290 g/mol. The summed E-state index contributed by atoms with van der Waals surface area (Å²) in [6.45, 7) is 11.4. The van der Waals surface area contributed by atoms with Crippen LogP contribution >= 0.6 is 0 Å². The van der Waals surface area contributed by atoms with Gasteiger partial charge in [-0.3, -0.25) is 0 Å². The van der Waals surface area contributed by atoms with Crippen molar-refractivity contribution >= 4 is 0 Å². The SMILES string of the molecule is CCOc1cccc(CNC(C)(C)C)c1OC(C#N)CC. The number of hydrogen-bond donors (Lipinski definition) is 1. The van der Waals surface area contributed by atoms with Gasteiger partial charge in [0.05, 0.1) is 6.61 Å². The average Bonchev–Trinajstić information content (AvgIpc) is 2.43. The van der Waals surface area contributed by atoms with E-state index in [4.69, 9.17) is 14.7 Å². The fourth-order valence-electron chi connectivity index (χ4n) is 1.81. The maximum absolute atomic E-state index is 9.13. The third-order valence-electron chi connectivity index (χ3n) is 2.94. The summed E-state index contributed by atoms with van der Waals surface area (Å²) in [5.41, 5.74) is 1.02. The van der Waals surface area contributed by atoms with E-state index in [0.717, 1.165) is 5.56 Å². The van der Waals surface area contributed by atoms with Gasteiger partial charge in [-0.05, 0) is 40.2 Å². The van der Waals surface area contributed by atoms with Gasteiger partial charge < -0.3 is 14.8 Å². The summed E-state index contributed by atoms with van der Waals surface area (Å²) in [5, 5.41) is 12.6. The minimum Gasteiger partial charge on any atom is -0.490 e. The predicted octanol–water partition coefficient (Wildman–Crippen LogP) is 3.65. The van der Waals surface area contributed by atoms with Crippen LogP contribution in [-0.4, -0.2) is 18.2 Å². The smallest absolute Gasteiger partial charge is 0.184 e. The van der Waals surface area contributed by atoms with Crippen LogP contribution in [0.3, 0.4) is 0 Å². The normalized spacial score (nSPS) is 12.6. The van der Waals surface area contributed by atoms with Crippen LogP contribution in [-0.2, 0) is 6.54 Å². The van der Waals surface area contributed by atoms with E-state index in [1.807, 2.05) is 32.0 Å². The second-order valence-electron chi connectivity index (χ2n) is 5.92. The topological polar surface area (TPSA) is 54.3 Å². The maximum Gasteiger partial charge on any atom is 0.184 e. The second kappa shape index (κ2) is 7.90. The largest absolute Gasteiger partial charge is 0.490 e. The van der Waals surface area contributed by atoms with Crippen molar-refractivity contribution in [1.82, 2.24) is 5.32 Å². The third kappa shape index (κ3) is 5.65. The van der Waals surface area contributed by atoms with Crippen molar-refractivity contribution in [3.05, 3.63) is 23.8 Å². The number of para-hydroxylation sites is 1. The average molecular weight is 290 g/mol. The molecule has 1 unspecified atom stereocenters. The molecule has 1 rings (SSSR count). The molecule has 0 aliphatic heterocycles. The van der Waals surface area contributed by atoms with Crippen LogP contribution in [0.5, 0.6) is 11.5 Å². The van der Waals surface area contributed by atoms with Crippen LogP contribution in [0.2, 0.25) is 0 Å². The lowest BCUT2D eigenvalue weighted by Gasteiger charge is -2.23. The van der Waals surface area contributed by atoms with Crippen LogP contribution in [0.1, 0.15) is 46.6 Å². The molecule has 0 fully saturated rings. The van der Waals surface area contributed by atoms with Crippen LogP contribution in [0.15, 0.2) is 18.2 Å². The second-order valence-corrected chi connectivity index (χ2v) is 5.92. The fourth-order valence-corrected chi connectivity index (χ4v) is 1.81. The Morgan fingerprint density at radius 3 is 2.52 bits per heavy atom. The first-order valence-corrected chi connectivity index (χ1v) is 7.47.